The van der Waals surface area contributed by atoms with Gasteiger partial charge in [0.25, 0.3) is 5.56 Å². The molecule has 0 atom stereocenters. The van der Waals surface area contributed by atoms with E-state index >= 15 is 0 Å². The molecule has 0 aromatic carbocycles. The molecule has 1 saturated carbocycles. The van der Waals surface area contributed by atoms with Crippen molar-refractivity contribution >= 4 is 16.8 Å². The first-order valence-electron chi connectivity index (χ1n) is 7.42. The number of hydrogen-bond acceptors (Lipinski definition) is 5. The van der Waals surface area contributed by atoms with Crippen LogP contribution in [-0.2, 0) is 0 Å². The highest BCUT2D eigenvalue weighted by Crippen LogP contribution is 2.25. The van der Waals surface area contributed by atoms with Crippen molar-refractivity contribution in [3.05, 3.63) is 28.9 Å². The van der Waals surface area contributed by atoms with Gasteiger partial charge in [0.2, 0.25) is 0 Å². The average Bonchev–Trinajstić information content (AvgIpc) is 2.83. The fourth-order valence-electron chi connectivity index (χ4n) is 3.12. The van der Waals surface area contributed by atoms with Gasteiger partial charge in [0.15, 0.2) is 16.8 Å². The predicted octanol–water partition coefficient (Wildman–Crippen LogP) is 1.73. The molecule has 0 saturated heterocycles. The molecule has 0 N–H and O–H groups in total. The molecule has 0 bridgehead atoms. The van der Waals surface area contributed by atoms with Crippen molar-refractivity contribution in [3.63, 3.8) is 0 Å². The Bertz CT molecular complexity index is 843. The average molecular weight is 284 g/mol. The van der Waals surface area contributed by atoms with Crippen LogP contribution in [0.2, 0.25) is 0 Å². The lowest BCUT2D eigenvalue weighted by atomic mass is 10.1. The van der Waals surface area contributed by atoms with Crippen LogP contribution < -0.4 is 5.56 Å². The summed E-state index contributed by atoms with van der Waals surface area (Å²) in [5.74, 6) is 0. The monoisotopic (exact) mass is 284 g/mol. The van der Waals surface area contributed by atoms with Gasteiger partial charge in [-0.1, -0.05) is 25.7 Å². The smallest absolute Gasteiger partial charge is 0.283 e. The van der Waals surface area contributed by atoms with E-state index in [-0.39, 0.29) is 17.1 Å². The standard InChI is InChI=1S/C14H16N6O/c21-14-12-13(20-11(17-18-12)7-8-16-20)15-9-19(14)10-5-3-1-2-4-6-10/h7-10H,1-6H2. The molecular formula is C14H16N6O. The van der Waals surface area contributed by atoms with Gasteiger partial charge in [0.1, 0.15) is 6.33 Å². The second kappa shape index (κ2) is 4.91. The minimum absolute atomic E-state index is 0.114. The maximum atomic E-state index is 12.7. The van der Waals surface area contributed by atoms with Gasteiger partial charge in [-0.25, -0.2) is 4.98 Å². The van der Waals surface area contributed by atoms with E-state index in [1.54, 1.807) is 27.7 Å². The van der Waals surface area contributed by atoms with Gasteiger partial charge >= 0.3 is 0 Å². The Kier molecular flexibility index (Phi) is 2.90. The van der Waals surface area contributed by atoms with Gasteiger partial charge < -0.3 is 0 Å². The first kappa shape index (κ1) is 12.4. The molecule has 3 aromatic rings. The molecule has 7 heteroatoms. The van der Waals surface area contributed by atoms with E-state index in [1.807, 2.05) is 0 Å². The molecular weight excluding hydrogens is 268 g/mol. The second-order valence-corrected chi connectivity index (χ2v) is 5.58. The zero-order valence-corrected chi connectivity index (χ0v) is 11.6. The SMILES string of the molecule is O=c1c2nnc3ccnn3c2ncn1C1CCCCCC1. The van der Waals surface area contributed by atoms with Crippen molar-refractivity contribution in [1.82, 2.24) is 29.4 Å². The third-order valence-corrected chi connectivity index (χ3v) is 4.25. The number of fused-ring (bicyclic) bond motifs is 3. The zero-order valence-electron chi connectivity index (χ0n) is 11.6. The molecule has 0 radical (unpaired) electrons. The van der Waals surface area contributed by atoms with Crippen LogP contribution >= 0.6 is 0 Å². The van der Waals surface area contributed by atoms with Crippen molar-refractivity contribution in [1.29, 1.82) is 0 Å². The van der Waals surface area contributed by atoms with E-state index in [4.69, 9.17) is 0 Å². The van der Waals surface area contributed by atoms with Crippen LogP contribution in [0.5, 0.6) is 0 Å². The lowest BCUT2D eigenvalue weighted by Crippen LogP contribution is -2.26. The third-order valence-electron chi connectivity index (χ3n) is 4.25. The maximum absolute atomic E-state index is 12.7. The van der Waals surface area contributed by atoms with Crippen molar-refractivity contribution < 1.29 is 0 Å². The van der Waals surface area contributed by atoms with Crippen LogP contribution in [0.4, 0.5) is 0 Å². The summed E-state index contributed by atoms with van der Waals surface area (Å²) in [5, 5.41) is 12.2. The first-order chi connectivity index (χ1) is 10.3. The quantitative estimate of drug-likeness (QED) is 0.636. The van der Waals surface area contributed by atoms with Crippen LogP contribution in [-0.4, -0.2) is 29.4 Å². The van der Waals surface area contributed by atoms with Gasteiger partial charge in [-0.3, -0.25) is 9.36 Å². The van der Waals surface area contributed by atoms with Gasteiger partial charge in [-0.05, 0) is 12.8 Å². The summed E-state index contributed by atoms with van der Waals surface area (Å²) in [4.78, 5) is 17.1. The van der Waals surface area contributed by atoms with Crippen LogP contribution in [0.3, 0.4) is 0 Å². The van der Waals surface area contributed by atoms with E-state index in [0.29, 0.717) is 11.3 Å². The Morgan fingerprint density at radius 2 is 1.90 bits per heavy atom. The Balaban J connectivity index is 1.89. The Morgan fingerprint density at radius 1 is 1.10 bits per heavy atom. The van der Waals surface area contributed by atoms with Crippen molar-refractivity contribution in [2.45, 2.75) is 44.6 Å². The van der Waals surface area contributed by atoms with Gasteiger partial charge in [-0.15, -0.1) is 10.2 Å². The Labute approximate surface area is 120 Å². The number of nitrogens with zero attached hydrogens (tertiary/aromatic N) is 6. The summed E-state index contributed by atoms with van der Waals surface area (Å²) in [5.41, 5.74) is 1.25. The molecule has 3 heterocycles. The third kappa shape index (κ3) is 2.00. The van der Waals surface area contributed by atoms with E-state index < -0.39 is 0 Å². The molecule has 1 aliphatic carbocycles. The molecule has 0 unspecified atom stereocenters. The summed E-state index contributed by atoms with van der Waals surface area (Å²) in [6.07, 6.45) is 10.2. The summed E-state index contributed by atoms with van der Waals surface area (Å²) in [6.45, 7) is 0. The molecule has 108 valence electrons. The highest BCUT2D eigenvalue weighted by Gasteiger charge is 2.18. The van der Waals surface area contributed by atoms with E-state index in [2.05, 4.69) is 20.3 Å². The fourth-order valence-corrected chi connectivity index (χ4v) is 3.12. The molecule has 7 nitrogen and oxygen atoms in total. The van der Waals surface area contributed by atoms with E-state index in [9.17, 15) is 4.79 Å². The molecule has 21 heavy (non-hydrogen) atoms. The van der Waals surface area contributed by atoms with Crippen LogP contribution in [0.15, 0.2) is 23.4 Å². The molecule has 1 fully saturated rings. The fraction of sp³-hybridized carbons (Fsp3) is 0.500. The maximum Gasteiger partial charge on any atom is 0.283 e. The van der Waals surface area contributed by atoms with Crippen LogP contribution in [0.1, 0.15) is 44.6 Å². The number of aromatic nitrogens is 6. The predicted molar refractivity (Wildman–Crippen MR) is 77.1 cm³/mol. The lowest BCUT2D eigenvalue weighted by Gasteiger charge is -2.17. The molecule has 3 aromatic heterocycles. The minimum Gasteiger partial charge on any atom is -0.294 e. The Hall–Kier alpha value is -2.31. The summed E-state index contributed by atoms with van der Waals surface area (Å²) >= 11 is 0. The van der Waals surface area contributed by atoms with Crippen molar-refractivity contribution in [2.75, 3.05) is 0 Å². The van der Waals surface area contributed by atoms with Gasteiger partial charge in [0, 0.05) is 12.1 Å². The minimum atomic E-state index is -0.114. The molecule has 0 spiro atoms. The highest BCUT2D eigenvalue weighted by atomic mass is 16.1. The molecule has 4 rings (SSSR count). The first-order valence-corrected chi connectivity index (χ1v) is 7.42. The number of hydrogen-bond donors (Lipinski definition) is 0. The Morgan fingerprint density at radius 3 is 2.71 bits per heavy atom. The van der Waals surface area contributed by atoms with E-state index in [0.717, 1.165) is 12.8 Å². The summed E-state index contributed by atoms with van der Waals surface area (Å²) in [7, 11) is 0. The molecule has 0 amide bonds. The molecule has 1 aliphatic rings. The topological polar surface area (TPSA) is 78.0 Å². The van der Waals surface area contributed by atoms with Crippen LogP contribution in [0.25, 0.3) is 16.8 Å². The largest absolute Gasteiger partial charge is 0.294 e. The second-order valence-electron chi connectivity index (χ2n) is 5.58. The highest BCUT2D eigenvalue weighted by molar-refractivity contribution is 5.70. The summed E-state index contributed by atoms with van der Waals surface area (Å²) < 4.78 is 3.29. The number of rotatable bonds is 1. The van der Waals surface area contributed by atoms with Crippen LogP contribution in [0, 0.1) is 0 Å². The van der Waals surface area contributed by atoms with E-state index in [1.165, 1.54) is 25.7 Å². The molecule has 0 aliphatic heterocycles. The van der Waals surface area contributed by atoms with Gasteiger partial charge in [-0.2, -0.15) is 9.61 Å². The zero-order chi connectivity index (χ0) is 14.2. The summed E-state index contributed by atoms with van der Waals surface area (Å²) in [6, 6.07) is 1.97. The van der Waals surface area contributed by atoms with Gasteiger partial charge in [0.05, 0.1) is 6.20 Å². The normalized spacial score (nSPS) is 17.3. The lowest BCUT2D eigenvalue weighted by molar-refractivity contribution is 0.429. The van der Waals surface area contributed by atoms with Crippen molar-refractivity contribution in [2.24, 2.45) is 0 Å². The van der Waals surface area contributed by atoms with Crippen molar-refractivity contribution in [3.8, 4) is 0 Å².